The molecule has 0 N–H and O–H groups in total. The fourth-order valence-corrected chi connectivity index (χ4v) is 1.18. The van der Waals surface area contributed by atoms with E-state index in [2.05, 4.69) is 16.0 Å². The summed E-state index contributed by atoms with van der Waals surface area (Å²) in [6, 6.07) is 7.60. The molecule has 14 heavy (non-hydrogen) atoms. The van der Waals surface area contributed by atoms with Crippen LogP contribution in [0.1, 0.15) is 11.4 Å². The minimum atomic E-state index is 0.756. The lowest BCUT2D eigenvalue weighted by atomic mass is 10.2. The molecule has 0 atom stereocenters. The van der Waals surface area contributed by atoms with Crippen molar-refractivity contribution in [2.45, 2.75) is 6.92 Å². The summed E-state index contributed by atoms with van der Waals surface area (Å²) in [6.07, 6.45) is 6.94. The minimum absolute atomic E-state index is 0.756. The van der Waals surface area contributed by atoms with E-state index in [9.17, 15) is 0 Å². The lowest BCUT2D eigenvalue weighted by Crippen LogP contribution is -1.94. The molecule has 0 unspecified atom stereocenters. The monoisotopic (exact) mass is 183 g/mol. The minimum Gasteiger partial charge on any atom is -0.221 e. The maximum atomic E-state index is 5.26. The van der Waals surface area contributed by atoms with E-state index in [1.807, 2.05) is 31.2 Å². The van der Waals surface area contributed by atoms with Crippen LogP contribution in [0.4, 0.5) is 0 Å². The SMILES string of the molecule is C#Cc1ccc(-n2cnc(C)n2)cc1. The van der Waals surface area contributed by atoms with Crippen LogP contribution in [0.25, 0.3) is 5.69 Å². The number of hydrogen-bond donors (Lipinski definition) is 0. The summed E-state index contributed by atoms with van der Waals surface area (Å²) in [7, 11) is 0. The Labute approximate surface area is 82.4 Å². The van der Waals surface area contributed by atoms with Gasteiger partial charge in [-0.1, -0.05) is 5.92 Å². The molecular weight excluding hydrogens is 174 g/mol. The van der Waals surface area contributed by atoms with Gasteiger partial charge in [0.05, 0.1) is 5.69 Å². The second-order valence-electron chi connectivity index (χ2n) is 2.93. The molecule has 0 radical (unpaired) electrons. The van der Waals surface area contributed by atoms with Crippen molar-refractivity contribution in [1.82, 2.24) is 14.8 Å². The van der Waals surface area contributed by atoms with Crippen LogP contribution in [-0.4, -0.2) is 14.8 Å². The quantitative estimate of drug-likeness (QED) is 0.628. The largest absolute Gasteiger partial charge is 0.221 e. The number of terminal acetylenes is 1. The second-order valence-corrected chi connectivity index (χ2v) is 2.93. The Morgan fingerprint density at radius 3 is 2.50 bits per heavy atom. The Balaban J connectivity index is 2.39. The highest BCUT2D eigenvalue weighted by atomic mass is 15.3. The van der Waals surface area contributed by atoms with Crippen LogP contribution in [0.15, 0.2) is 30.6 Å². The van der Waals surface area contributed by atoms with Gasteiger partial charge in [-0.15, -0.1) is 6.42 Å². The van der Waals surface area contributed by atoms with Crippen molar-refractivity contribution in [2.24, 2.45) is 0 Å². The van der Waals surface area contributed by atoms with Crippen LogP contribution >= 0.6 is 0 Å². The Bertz CT molecular complexity index is 474. The first-order valence-electron chi connectivity index (χ1n) is 4.25. The lowest BCUT2D eigenvalue weighted by Gasteiger charge is -1.99. The van der Waals surface area contributed by atoms with Crippen molar-refractivity contribution in [2.75, 3.05) is 0 Å². The number of aryl methyl sites for hydroxylation is 1. The first kappa shape index (κ1) is 8.52. The van der Waals surface area contributed by atoms with Crippen LogP contribution in [0.3, 0.4) is 0 Å². The molecule has 3 nitrogen and oxygen atoms in total. The van der Waals surface area contributed by atoms with E-state index in [0.717, 1.165) is 17.1 Å². The van der Waals surface area contributed by atoms with Gasteiger partial charge in [-0.3, -0.25) is 0 Å². The lowest BCUT2D eigenvalue weighted by molar-refractivity contribution is 0.862. The van der Waals surface area contributed by atoms with Crippen molar-refractivity contribution in [3.63, 3.8) is 0 Å². The third-order valence-corrected chi connectivity index (χ3v) is 1.90. The van der Waals surface area contributed by atoms with E-state index in [1.165, 1.54) is 0 Å². The maximum Gasteiger partial charge on any atom is 0.147 e. The van der Waals surface area contributed by atoms with Crippen LogP contribution < -0.4 is 0 Å². The molecule has 0 saturated heterocycles. The van der Waals surface area contributed by atoms with E-state index in [-0.39, 0.29) is 0 Å². The van der Waals surface area contributed by atoms with E-state index in [1.54, 1.807) is 11.0 Å². The fourth-order valence-electron chi connectivity index (χ4n) is 1.18. The van der Waals surface area contributed by atoms with Crippen LogP contribution in [0, 0.1) is 19.3 Å². The number of rotatable bonds is 1. The Hall–Kier alpha value is -2.08. The van der Waals surface area contributed by atoms with Gasteiger partial charge in [0.1, 0.15) is 12.2 Å². The van der Waals surface area contributed by atoms with Gasteiger partial charge in [0.25, 0.3) is 0 Å². The maximum absolute atomic E-state index is 5.26. The first-order valence-corrected chi connectivity index (χ1v) is 4.25. The van der Waals surface area contributed by atoms with Crippen LogP contribution in [0.2, 0.25) is 0 Å². The standard InChI is InChI=1S/C11H9N3/c1-3-10-4-6-11(7-5-10)14-8-12-9(2)13-14/h1,4-8H,2H3. The molecule has 3 heteroatoms. The molecular formula is C11H9N3. The molecule has 0 fully saturated rings. The summed E-state index contributed by atoms with van der Waals surface area (Å²) < 4.78 is 1.72. The molecule has 1 aromatic heterocycles. The van der Waals surface area contributed by atoms with Gasteiger partial charge in [-0.05, 0) is 31.2 Å². The summed E-state index contributed by atoms with van der Waals surface area (Å²) >= 11 is 0. The van der Waals surface area contributed by atoms with Crippen LogP contribution in [0.5, 0.6) is 0 Å². The fraction of sp³-hybridized carbons (Fsp3) is 0.0909. The highest BCUT2D eigenvalue weighted by Gasteiger charge is 1.97. The van der Waals surface area contributed by atoms with Gasteiger partial charge in [-0.2, -0.15) is 5.10 Å². The molecule has 2 rings (SSSR count). The van der Waals surface area contributed by atoms with Crippen molar-refractivity contribution in [3.8, 4) is 18.0 Å². The third kappa shape index (κ3) is 1.50. The van der Waals surface area contributed by atoms with E-state index >= 15 is 0 Å². The van der Waals surface area contributed by atoms with Gasteiger partial charge in [-0.25, -0.2) is 9.67 Å². The van der Waals surface area contributed by atoms with Gasteiger partial charge >= 0.3 is 0 Å². The number of benzene rings is 1. The average Bonchev–Trinajstić information content (AvgIpc) is 2.65. The summed E-state index contributed by atoms with van der Waals surface area (Å²) in [5.74, 6) is 3.32. The van der Waals surface area contributed by atoms with Crippen molar-refractivity contribution < 1.29 is 0 Å². The number of nitrogens with zero attached hydrogens (tertiary/aromatic N) is 3. The average molecular weight is 183 g/mol. The molecule has 0 spiro atoms. The summed E-state index contributed by atoms with van der Waals surface area (Å²) in [4.78, 5) is 4.05. The topological polar surface area (TPSA) is 30.7 Å². The van der Waals surface area contributed by atoms with Gasteiger partial charge in [0, 0.05) is 5.56 Å². The molecule has 2 aromatic rings. The number of hydrogen-bond acceptors (Lipinski definition) is 2. The van der Waals surface area contributed by atoms with Crippen LogP contribution in [-0.2, 0) is 0 Å². The predicted octanol–water partition coefficient (Wildman–Crippen LogP) is 1.56. The molecule has 1 aromatic carbocycles. The molecule has 1 heterocycles. The van der Waals surface area contributed by atoms with Gasteiger partial charge in [0.15, 0.2) is 0 Å². The molecule has 0 aliphatic heterocycles. The highest BCUT2D eigenvalue weighted by Crippen LogP contribution is 2.07. The summed E-state index contributed by atoms with van der Waals surface area (Å²) in [5.41, 5.74) is 1.83. The predicted molar refractivity (Wildman–Crippen MR) is 54.0 cm³/mol. The zero-order valence-corrected chi connectivity index (χ0v) is 7.81. The smallest absolute Gasteiger partial charge is 0.147 e. The Morgan fingerprint density at radius 1 is 1.29 bits per heavy atom. The number of aromatic nitrogens is 3. The van der Waals surface area contributed by atoms with Crippen molar-refractivity contribution >= 4 is 0 Å². The summed E-state index contributed by atoms with van der Waals surface area (Å²) in [6.45, 7) is 1.85. The molecule has 0 saturated carbocycles. The van der Waals surface area contributed by atoms with Gasteiger partial charge in [0.2, 0.25) is 0 Å². The second kappa shape index (κ2) is 3.35. The highest BCUT2D eigenvalue weighted by molar-refractivity contribution is 5.39. The molecule has 68 valence electrons. The zero-order chi connectivity index (χ0) is 9.97. The first-order chi connectivity index (χ1) is 6.79. The van der Waals surface area contributed by atoms with E-state index in [0.29, 0.717) is 0 Å². The Morgan fingerprint density at radius 2 is 2.00 bits per heavy atom. The molecule has 0 bridgehead atoms. The van der Waals surface area contributed by atoms with E-state index in [4.69, 9.17) is 6.42 Å². The summed E-state index contributed by atoms with van der Waals surface area (Å²) in [5, 5.41) is 4.19. The molecule has 0 aliphatic rings. The van der Waals surface area contributed by atoms with Gasteiger partial charge < -0.3 is 0 Å². The third-order valence-electron chi connectivity index (χ3n) is 1.90. The van der Waals surface area contributed by atoms with E-state index < -0.39 is 0 Å². The zero-order valence-electron chi connectivity index (χ0n) is 7.81. The Kier molecular flexibility index (Phi) is 2.04. The van der Waals surface area contributed by atoms with Crippen molar-refractivity contribution in [3.05, 3.63) is 42.0 Å². The molecule has 0 amide bonds. The molecule has 0 aliphatic carbocycles. The van der Waals surface area contributed by atoms with Crippen molar-refractivity contribution in [1.29, 1.82) is 0 Å². The normalized spacial score (nSPS) is 9.71.